The first kappa shape index (κ1) is 15.3. The van der Waals surface area contributed by atoms with Crippen LogP contribution in [0.2, 0.25) is 0 Å². The van der Waals surface area contributed by atoms with Gasteiger partial charge in [-0.15, -0.1) is 6.58 Å². The van der Waals surface area contributed by atoms with Crippen LogP contribution in [0, 0.1) is 6.92 Å². The molecule has 0 aliphatic carbocycles. The lowest BCUT2D eigenvalue weighted by Crippen LogP contribution is -2.06. The molecule has 2 aromatic carbocycles. The summed E-state index contributed by atoms with van der Waals surface area (Å²) in [5.74, 6) is 2.01. The SMILES string of the molecule is C=CCc1ccccc1OCCCn1c(C)nc2ccccc21. The Morgan fingerprint density at radius 3 is 2.78 bits per heavy atom. The van der Waals surface area contributed by atoms with Crippen molar-refractivity contribution in [2.75, 3.05) is 6.61 Å². The van der Waals surface area contributed by atoms with Gasteiger partial charge < -0.3 is 9.30 Å². The molecule has 1 heterocycles. The Kier molecular flexibility index (Phi) is 4.77. The number of allylic oxidation sites excluding steroid dienone is 1. The van der Waals surface area contributed by atoms with Gasteiger partial charge in [0.15, 0.2) is 0 Å². The highest BCUT2D eigenvalue weighted by Crippen LogP contribution is 2.20. The maximum atomic E-state index is 5.96. The first-order valence-corrected chi connectivity index (χ1v) is 8.03. The van der Waals surface area contributed by atoms with E-state index < -0.39 is 0 Å². The Balaban J connectivity index is 1.61. The van der Waals surface area contributed by atoms with Crippen LogP contribution in [-0.2, 0) is 13.0 Å². The summed E-state index contributed by atoms with van der Waals surface area (Å²) in [5, 5.41) is 0. The van der Waals surface area contributed by atoms with E-state index in [1.807, 2.05) is 30.3 Å². The third-order valence-electron chi connectivity index (χ3n) is 3.97. The number of aromatic nitrogens is 2. The summed E-state index contributed by atoms with van der Waals surface area (Å²) in [4.78, 5) is 4.60. The minimum atomic E-state index is 0.695. The van der Waals surface area contributed by atoms with Gasteiger partial charge in [0.25, 0.3) is 0 Å². The van der Waals surface area contributed by atoms with Crippen molar-refractivity contribution >= 4 is 11.0 Å². The maximum Gasteiger partial charge on any atom is 0.122 e. The van der Waals surface area contributed by atoms with Crippen LogP contribution >= 0.6 is 0 Å². The second kappa shape index (κ2) is 7.14. The van der Waals surface area contributed by atoms with Gasteiger partial charge in [0.05, 0.1) is 17.6 Å². The molecule has 0 unspecified atom stereocenters. The van der Waals surface area contributed by atoms with E-state index in [1.165, 1.54) is 11.1 Å². The summed E-state index contributed by atoms with van der Waals surface area (Å²) in [6, 6.07) is 16.4. The zero-order valence-corrected chi connectivity index (χ0v) is 13.5. The summed E-state index contributed by atoms with van der Waals surface area (Å²) in [5.41, 5.74) is 3.44. The fourth-order valence-electron chi connectivity index (χ4n) is 2.85. The van der Waals surface area contributed by atoms with Crippen molar-refractivity contribution in [2.24, 2.45) is 0 Å². The molecule has 0 bridgehead atoms. The van der Waals surface area contributed by atoms with Gasteiger partial charge in [-0.25, -0.2) is 4.98 Å². The molecule has 3 nitrogen and oxygen atoms in total. The van der Waals surface area contributed by atoms with Crippen LogP contribution in [0.25, 0.3) is 11.0 Å². The summed E-state index contributed by atoms with van der Waals surface area (Å²) in [6.45, 7) is 7.46. The summed E-state index contributed by atoms with van der Waals surface area (Å²) in [7, 11) is 0. The van der Waals surface area contributed by atoms with Crippen LogP contribution in [0.1, 0.15) is 17.8 Å². The molecule has 0 fully saturated rings. The standard InChI is InChI=1S/C20H22N2O/c1-3-9-17-10-4-7-13-20(17)23-15-8-14-22-16(2)21-18-11-5-6-12-19(18)22/h3-7,10-13H,1,8-9,14-15H2,2H3. The Morgan fingerprint density at radius 1 is 1.13 bits per heavy atom. The molecule has 0 saturated heterocycles. The van der Waals surface area contributed by atoms with Gasteiger partial charge >= 0.3 is 0 Å². The molecule has 0 amide bonds. The summed E-state index contributed by atoms with van der Waals surface area (Å²) >= 11 is 0. The van der Waals surface area contributed by atoms with Gasteiger partial charge in [0, 0.05) is 6.54 Å². The Bertz CT molecular complexity index is 804. The van der Waals surface area contributed by atoms with Gasteiger partial charge in [0.1, 0.15) is 11.6 Å². The molecule has 3 aromatic rings. The molecule has 23 heavy (non-hydrogen) atoms. The molecular weight excluding hydrogens is 284 g/mol. The number of fused-ring (bicyclic) bond motifs is 1. The van der Waals surface area contributed by atoms with Crippen LogP contribution in [0.4, 0.5) is 0 Å². The smallest absolute Gasteiger partial charge is 0.122 e. The number of ether oxygens (including phenoxy) is 1. The highest BCUT2D eigenvalue weighted by atomic mass is 16.5. The van der Waals surface area contributed by atoms with Crippen molar-refractivity contribution in [1.82, 2.24) is 9.55 Å². The number of nitrogens with zero attached hydrogens (tertiary/aromatic N) is 2. The molecule has 1 aromatic heterocycles. The zero-order valence-electron chi connectivity index (χ0n) is 13.5. The minimum Gasteiger partial charge on any atom is -0.493 e. The first-order chi connectivity index (χ1) is 11.3. The van der Waals surface area contributed by atoms with Gasteiger partial charge in [-0.3, -0.25) is 0 Å². The Hall–Kier alpha value is -2.55. The number of hydrogen-bond acceptors (Lipinski definition) is 2. The number of aryl methyl sites for hydroxylation is 2. The number of para-hydroxylation sites is 3. The predicted octanol–water partition coefficient (Wildman–Crippen LogP) is 4.54. The molecule has 0 N–H and O–H groups in total. The first-order valence-electron chi connectivity index (χ1n) is 8.03. The zero-order chi connectivity index (χ0) is 16.1. The topological polar surface area (TPSA) is 27.1 Å². The van der Waals surface area contributed by atoms with E-state index in [2.05, 4.69) is 47.3 Å². The fraction of sp³-hybridized carbons (Fsp3) is 0.250. The Labute approximate surface area is 137 Å². The largest absolute Gasteiger partial charge is 0.493 e. The second-order valence-corrected chi connectivity index (χ2v) is 5.60. The molecule has 0 radical (unpaired) electrons. The molecule has 0 saturated carbocycles. The number of hydrogen-bond donors (Lipinski definition) is 0. The summed E-state index contributed by atoms with van der Waals surface area (Å²) in [6.07, 6.45) is 3.69. The fourth-order valence-corrected chi connectivity index (χ4v) is 2.85. The van der Waals surface area contributed by atoms with Gasteiger partial charge in [-0.2, -0.15) is 0 Å². The molecule has 0 spiro atoms. The quantitative estimate of drug-likeness (QED) is 0.473. The minimum absolute atomic E-state index is 0.695. The number of rotatable bonds is 7. The third-order valence-corrected chi connectivity index (χ3v) is 3.97. The molecule has 0 aliphatic heterocycles. The van der Waals surface area contributed by atoms with E-state index in [0.717, 1.165) is 36.5 Å². The van der Waals surface area contributed by atoms with Crippen LogP contribution < -0.4 is 4.74 Å². The maximum absolute atomic E-state index is 5.96. The van der Waals surface area contributed by atoms with Crippen molar-refractivity contribution < 1.29 is 4.74 Å². The van der Waals surface area contributed by atoms with E-state index in [9.17, 15) is 0 Å². The average Bonchev–Trinajstić information content (AvgIpc) is 2.89. The van der Waals surface area contributed by atoms with Gasteiger partial charge in [-0.1, -0.05) is 36.4 Å². The van der Waals surface area contributed by atoms with E-state index in [-0.39, 0.29) is 0 Å². The van der Waals surface area contributed by atoms with Crippen LogP contribution in [0.5, 0.6) is 5.75 Å². The number of benzene rings is 2. The van der Waals surface area contributed by atoms with Crippen molar-refractivity contribution in [2.45, 2.75) is 26.3 Å². The lowest BCUT2D eigenvalue weighted by molar-refractivity contribution is 0.299. The lowest BCUT2D eigenvalue weighted by atomic mass is 10.1. The molecule has 0 aliphatic rings. The predicted molar refractivity (Wildman–Crippen MR) is 94.9 cm³/mol. The van der Waals surface area contributed by atoms with Crippen molar-refractivity contribution in [3.8, 4) is 5.75 Å². The van der Waals surface area contributed by atoms with Crippen molar-refractivity contribution in [3.05, 3.63) is 72.6 Å². The van der Waals surface area contributed by atoms with Crippen molar-refractivity contribution in [3.63, 3.8) is 0 Å². The molecular formula is C20H22N2O. The van der Waals surface area contributed by atoms with Crippen LogP contribution in [0.3, 0.4) is 0 Å². The van der Waals surface area contributed by atoms with Crippen LogP contribution in [0.15, 0.2) is 61.2 Å². The third kappa shape index (κ3) is 3.45. The van der Waals surface area contributed by atoms with E-state index >= 15 is 0 Å². The normalized spacial score (nSPS) is 10.8. The molecule has 3 rings (SSSR count). The monoisotopic (exact) mass is 306 g/mol. The van der Waals surface area contributed by atoms with Crippen LogP contribution in [-0.4, -0.2) is 16.2 Å². The highest BCUT2D eigenvalue weighted by Gasteiger charge is 2.06. The lowest BCUT2D eigenvalue weighted by Gasteiger charge is -2.11. The van der Waals surface area contributed by atoms with E-state index in [1.54, 1.807) is 0 Å². The molecule has 118 valence electrons. The second-order valence-electron chi connectivity index (χ2n) is 5.60. The van der Waals surface area contributed by atoms with E-state index in [4.69, 9.17) is 4.74 Å². The van der Waals surface area contributed by atoms with Gasteiger partial charge in [0.2, 0.25) is 0 Å². The van der Waals surface area contributed by atoms with E-state index in [0.29, 0.717) is 6.61 Å². The molecule has 0 atom stereocenters. The molecule has 3 heteroatoms. The Morgan fingerprint density at radius 2 is 1.91 bits per heavy atom. The van der Waals surface area contributed by atoms with Crippen molar-refractivity contribution in [1.29, 1.82) is 0 Å². The summed E-state index contributed by atoms with van der Waals surface area (Å²) < 4.78 is 8.22. The highest BCUT2D eigenvalue weighted by molar-refractivity contribution is 5.75. The number of imidazole rings is 1. The van der Waals surface area contributed by atoms with Gasteiger partial charge in [-0.05, 0) is 43.5 Å². The average molecular weight is 306 g/mol.